The van der Waals surface area contributed by atoms with Gasteiger partial charge in [0.2, 0.25) is 5.91 Å². The zero-order valence-electron chi connectivity index (χ0n) is 19.7. The van der Waals surface area contributed by atoms with Gasteiger partial charge in [-0.05, 0) is 42.5 Å². The highest BCUT2D eigenvalue weighted by Gasteiger charge is 2.59. The number of esters is 1. The Morgan fingerprint density at radius 3 is 2.46 bits per heavy atom. The molecule has 35 heavy (non-hydrogen) atoms. The van der Waals surface area contributed by atoms with Gasteiger partial charge in [-0.2, -0.15) is 13.2 Å². The number of benzene rings is 1. The zero-order valence-corrected chi connectivity index (χ0v) is 19.7. The third-order valence-electron chi connectivity index (χ3n) is 8.28. The van der Waals surface area contributed by atoms with E-state index in [0.717, 1.165) is 32.1 Å². The molecule has 3 fully saturated rings. The maximum atomic E-state index is 14.4. The van der Waals surface area contributed by atoms with Crippen LogP contribution in [0.4, 0.5) is 17.6 Å². The molecule has 5 rings (SSSR count). The second-order valence-electron chi connectivity index (χ2n) is 10.2. The van der Waals surface area contributed by atoms with Crippen LogP contribution < -0.4 is 0 Å². The number of piperidine rings is 1. The number of halogens is 4. The maximum absolute atomic E-state index is 14.4. The molecule has 192 valence electrons. The van der Waals surface area contributed by atoms with E-state index in [4.69, 9.17) is 9.47 Å². The predicted molar refractivity (Wildman–Crippen MR) is 117 cm³/mol. The summed E-state index contributed by atoms with van der Waals surface area (Å²) in [6.07, 6.45) is -1.57. The molecule has 1 aromatic carbocycles. The Morgan fingerprint density at radius 2 is 1.80 bits per heavy atom. The van der Waals surface area contributed by atoms with Gasteiger partial charge >= 0.3 is 12.1 Å². The third kappa shape index (κ3) is 4.43. The van der Waals surface area contributed by atoms with Gasteiger partial charge in [-0.15, -0.1) is 0 Å². The Balaban J connectivity index is 1.35. The third-order valence-corrected chi connectivity index (χ3v) is 8.28. The van der Waals surface area contributed by atoms with Crippen LogP contribution in [-0.4, -0.2) is 66.2 Å². The molecule has 6 nitrogen and oxygen atoms in total. The highest BCUT2D eigenvalue weighted by molar-refractivity contribution is 5.89. The number of ether oxygens (including phenoxy) is 2. The van der Waals surface area contributed by atoms with E-state index in [9.17, 15) is 27.2 Å². The lowest BCUT2D eigenvalue weighted by Gasteiger charge is -2.45. The van der Waals surface area contributed by atoms with Crippen molar-refractivity contribution in [2.24, 2.45) is 11.8 Å². The van der Waals surface area contributed by atoms with Gasteiger partial charge in [0.25, 0.3) is 0 Å². The molecule has 4 heterocycles. The second-order valence-corrected chi connectivity index (χ2v) is 10.2. The van der Waals surface area contributed by atoms with Gasteiger partial charge in [0.05, 0.1) is 17.4 Å². The van der Waals surface area contributed by atoms with E-state index >= 15 is 0 Å². The zero-order chi connectivity index (χ0) is 25.0. The summed E-state index contributed by atoms with van der Waals surface area (Å²) in [5.74, 6) is -2.95. The van der Waals surface area contributed by atoms with Crippen LogP contribution in [-0.2, 0) is 38.2 Å². The van der Waals surface area contributed by atoms with Crippen molar-refractivity contribution in [3.63, 3.8) is 0 Å². The molecule has 1 spiro atoms. The van der Waals surface area contributed by atoms with Crippen LogP contribution in [0.3, 0.4) is 0 Å². The van der Waals surface area contributed by atoms with Crippen molar-refractivity contribution < 1.29 is 36.6 Å². The van der Waals surface area contributed by atoms with E-state index in [1.807, 2.05) is 0 Å². The Bertz CT molecular complexity index is 1000. The largest absolute Gasteiger partial charge is 0.458 e. The smallest absolute Gasteiger partial charge is 0.416 e. The summed E-state index contributed by atoms with van der Waals surface area (Å²) in [5.41, 5.74) is -1.59. The number of hydrogen-bond donors (Lipinski definition) is 0. The molecule has 4 aliphatic rings. The molecule has 0 radical (unpaired) electrons. The van der Waals surface area contributed by atoms with Crippen molar-refractivity contribution in [2.45, 2.75) is 63.4 Å². The Kier molecular flexibility index (Phi) is 6.32. The SMILES string of the molecule is CC1C(=O)OC2(CCN(C3CCOCC3)CC2)C1C(=O)N1CCc2c(F)cc(C(F)(F)F)cc2C1. The first-order valence-electron chi connectivity index (χ1n) is 12.3. The summed E-state index contributed by atoms with van der Waals surface area (Å²) in [5, 5.41) is 0. The molecule has 0 aromatic heterocycles. The van der Waals surface area contributed by atoms with Crippen molar-refractivity contribution in [2.75, 3.05) is 32.8 Å². The second kappa shape index (κ2) is 9.03. The fourth-order valence-electron chi connectivity index (χ4n) is 6.31. The molecule has 0 saturated carbocycles. The van der Waals surface area contributed by atoms with E-state index in [1.54, 1.807) is 6.92 Å². The lowest BCUT2D eigenvalue weighted by molar-refractivity contribution is -0.159. The fourth-order valence-corrected chi connectivity index (χ4v) is 6.31. The molecule has 2 atom stereocenters. The van der Waals surface area contributed by atoms with Gasteiger partial charge in [-0.25, -0.2) is 4.39 Å². The first kappa shape index (κ1) is 24.5. The van der Waals surface area contributed by atoms with Crippen molar-refractivity contribution in [3.8, 4) is 0 Å². The minimum Gasteiger partial charge on any atom is -0.458 e. The first-order chi connectivity index (χ1) is 16.6. The molecule has 4 aliphatic heterocycles. The van der Waals surface area contributed by atoms with Crippen LogP contribution in [0.2, 0.25) is 0 Å². The molecule has 2 unspecified atom stereocenters. The Labute approximate surface area is 201 Å². The maximum Gasteiger partial charge on any atom is 0.416 e. The van der Waals surface area contributed by atoms with Crippen LogP contribution in [0.15, 0.2) is 12.1 Å². The van der Waals surface area contributed by atoms with Gasteiger partial charge in [-0.3, -0.25) is 14.5 Å². The van der Waals surface area contributed by atoms with E-state index < -0.39 is 41.0 Å². The van der Waals surface area contributed by atoms with E-state index in [0.29, 0.717) is 38.0 Å². The summed E-state index contributed by atoms with van der Waals surface area (Å²) in [6.45, 7) is 4.63. The van der Waals surface area contributed by atoms with Gasteiger partial charge < -0.3 is 14.4 Å². The van der Waals surface area contributed by atoms with Crippen molar-refractivity contribution >= 4 is 11.9 Å². The van der Waals surface area contributed by atoms with Crippen molar-refractivity contribution in [1.82, 2.24) is 9.80 Å². The van der Waals surface area contributed by atoms with Crippen LogP contribution in [0.5, 0.6) is 0 Å². The van der Waals surface area contributed by atoms with Crippen LogP contribution in [0.1, 0.15) is 49.3 Å². The van der Waals surface area contributed by atoms with Gasteiger partial charge in [0.15, 0.2) is 0 Å². The summed E-state index contributed by atoms with van der Waals surface area (Å²) >= 11 is 0. The quantitative estimate of drug-likeness (QED) is 0.461. The molecule has 1 aromatic rings. The van der Waals surface area contributed by atoms with E-state index in [2.05, 4.69) is 4.90 Å². The number of hydrogen-bond acceptors (Lipinski definition) is 5. The molecular formula is C25H30F4N2O4. The van der Waals surface area contributed by atoms with Crippen molar-refractivity contribution in [3.05, 3.63) is 34.6 Å². The number of likely N-dealkylation sites (tertiary alicyclic amines) is 1. The summed E-state index contributed by atoms with van der Waals surface area (Å²) < 4.78 is 65.4. The summed E-state index contributed by atoms with van der Waals surface area (Å²) in [6, 6.07) is 1.86. The first-order valence-corrected chi connectivity index (χ1v) is 12.3. The Morgan fingerprint density at radius 1 is 1.11 bits per heavy atom. The van der Waals surface area contributed by atoms with E-state index in [-0.39, 0.29) is 36.5 Å². The molecule has 10 heteroatoms. The summed E-state index contributed by atoms with van der Waals surface area (Å²) in [4.78, 5) is 30.2. The highest BCUT2D eigenvalue weighted by atomic mass is 19.4. The predicted octanol–water partition coefficient (Wildman–Crippen LogP) is 3.55. The number of fused-ring (bicyclic) bond motifs is 1. The normalized spacial score (nSPS) is 27.7. The Hall–Kier alpha value is -2.20. The number of carbonyl (C=O) groups excluding carboxylic acids is 2. The van der Waals surface area contributed by atoms with Crippen LogP contribution in [0, 0.1) is 17.7 Å². The standard InChI is InChI=1S/C25H30F4N2O4/c1-15-21(24(35-23(15)33)5-8-30(9-6-24)18-3-10-34-11-4-18)22(32)31-7-2-19-16(14-31)12-17(13-20(19)26)25(27,28)29/h12-13,15,18,21H,2-11,14H2,1H3. The monoisotopic (exact) mass is 498 g/mol. The highest BCUT2D eigenvalue weighted by Crippen LogP contribution is 2.46. The average molecular weight is 499 g/mol. The van der Waals surface area contributed by atoms with E-state index in [1.165, 1.54) is 4.90 Å². The molecule has 0 N–H and O–H groups in total. The lowest BCUT2D eigenvalue weighted by atomic mass is 9.74. The number of rotatable bonds is 2. The minimum absolute atomic E-state index is 0.114. The molecule has 3 saturated heterocycles. The molecule has 0 bridgehead atoms. The molecular weight excluding hydrogens is 468 g/mol. The minimum atomic E-state index is -4.68. The van der Waals surface area contributed by atoms with Gasteiger partial charge in [0.1, 0.15) is 11.4 Å². The number of carbonyl (C=O) groups is 2. The molecule has 0 aliphatic carbocycles. The number of alkyl halides is 3. The molecule has 1 amide bonds. The number of amides is 1. The average Bonchev–Trinajstić information content (AvgIpc) is 3.07. The van der Waals surface area contributed by atoms with Gasteiger partial charge in [0, 0.05) is 58.3 Å². The lowest BCUT2D eigenvalue weighted by Crippen LogP contribution is -2.55. The topological polar surface area (TPSA) is 59.1 Å². The van der Waals surface area contributed by atoms with Gasteiger partial charge in [-0.1, -0.05) is 6.92 Å². The van der Waals surface area contributed by atoms with Crippen LogP contribution >= 0.6 is 0 Å². The van der Waals surface area contributed by atoms with Crippen LogP contribution in [0.25, 0.3) is 0 Å². The summed E-state index contributed by atoms with van der Waals surface area (Å²) in [7, 11) is 0. The fraction of sp³-hybridized carbons (Fsp3) is 0.680. The van der Waals surface area contributed by atoms with Crippen molar-refractivity contribution in [1.29, 1.82) is 0 Å². The number of nitrogens with zero attached hydrogens (tertiary/aromatic N) is 2.